The van der Waals surface area contributed by atoms with Gasteiger partial charge in [-0.15, -0.1) is 0 Å². The van der Waals surface area contributed by atoms with Gasteiger partial charge >= 0.3 is 0 Å². The molecule has 0 N–H and O–H groups in total. The molecule has 2 aliphatic rings. The summed E-state index contributed by atoms with van der Waals surface area (Å²) in [6.45, 7) is 11.0. The van der Waals surface area contributed by atoms with E-state index in [0.717, 1.165) is 30.8 Å². The van der Waals surface area contributed by atoms with E-state index < -0.39 is 0 Å². The third kappa shape index (κ3) is 4.79. The summed E-state index contributed by atoms with van der Waals surface area (Å²) in [6, 6.07) is 8.63. The second kappa shape index (κ2) is 8.13. The zero-order valence-electron chi connectivity index (χ0n) is 16.0. The summed E-state index contributed by atoms with van der Waals surface area (Å²) in [5.41, 5.74) is 2.24. The van der Waals surface area contributed by atoms with Crippen LogP contribution in [0.5, 0.6) is 0 Å². The van der Waals surface area contributed by atoms with Gasteiger partial charge in [-0.25, -0.2) is 0 Å². The number of likely N-dealkylation sites (tertiary alicyclic amines) is 1. The Balaban J connectivity index is 1.74. The number of carbonyl (C=O) groups excluding carboxylic acids is 1. The van der Waals surface area contributed by atoms with E-state index in [0.29, 0.717) is 6.04 Å². The molecule has 1 unspecified atom stereocenters. The SMILES string of the molecule is CC(C)(C)c1ccc(C(=O)N2CCCSCC2CN2CCCC2)cc1. The topological polar surface area (TPSA) is 23.6 Å². The number of hydrogen-bond donors (Lipinski definition) is 0. The second-order valence-corrected chi connectivity index (χ2v) is 9.57. The Bertz CT molecular complexity index is 573. The van der Waals surface area contributed by atoms with E-state index in [2.05, 4.69) is 42.7 Å². The molecule has 4 heteroatoms. The molecular weight excluding hydrogens is 328 g/mol. The molecule has 1 amide bonds. The van der Waals surface area contributed by atoms with Crippen LogP contribution in [0.1, 0.15) is 56.0 Å². The summed E-state index contributed by atoms with van der Waals surface area (Å²) in [5, 5.41) is 0. The smallest absolute Gasteiger partial charge is 0.254 e. The van der Waals surface area contributed by atoms with E-state index in [1.807, 2.05) is 23.9 Å². The van der Waals surface area contributed by atoms with Crippen molar-refractivity contribution in [3.8, 4) is 0 Å². The molecule has 0 aromatic heterocycles. The van der Waals surface area contributed by atoms with Crippen LogP contribution >= 0.6 is 11.8 Å². The molecule has 2 aliphatic heterocycles. The molecule has 1 aromatic carbocycles. The number of amides is 1. The van der Waals surface area contributed by atoms with Gasteiger partial charge in [-0.2, -0.15) is 11.8 Å². The van der Waals surface area contributed by atoms with Gasteiger partial charge in [-0.1, -0.05) is 32.9 Å². The van der Waals surface area contributed by atoms with Crippen LogP contribution in [0.25, 0.3) is 0 Å². The summed E-state index contributed by atoms with van der Waals surface area (Å²) < 4.78 is 0. The Labute approximate surface area is 157 Å². The van der Waals surface area contributed by atoms with Gasteiger partial charge in [-0.3, -0.25) is 4.79 Å². The minimum absolute atomic E-state index is 0.124. The number of nitrogens with zero attached hydrogens (tertiary/aromatic N) is 2. The average molecular weight is 361 g/mol. The Morgan fingerprint density at radius 3 is 2.40 bits per heavy atom. The zero-order valence-corrected chi connectivity index (χ0v) is 16.8. The Morgan fingerprint density at radius 2 is 1.76 bits per heavy atom. The highest BCUT2D eigenvalue weighted by Gasteiger charge is 2.29. The van der Waals surface area contributed by atoms with Crippen LogP contribution in [0.2, 0.25) is 0 Å². The lowest BCUT2D eigenvalue weighted by Gasteiger charge is -2.33. The van der Waals surface area contributed by atoms with Crippen LogP contribution in [-0.2, 0) is 5.41 Å². The maximum absolute atomic E-state index is 13.2. The van der Waals surface area contributed by atoms with Crippen molar-refractivity contribution in [2.24, 2.45) is 0 Å². The number of rotatable bonds is 3. The molecule has 1 atom stereocenters. The molecule has 0 saturated carbocycles. The fraction of sp³-hybridized carbons (Fsp3) is 0.667. The fourth-order valence-corrected chi connectivity index (χ4v) is 4.85. The fourth-order valence-electron chi connectivity index (χ4n) is 3.79. The molecule has 3 nitrogen and oxygen atoms in total. The first-order chi connectivity index (χ1) is 11.9. The van der Waals surface area contributed by atoms with Gasteiger partial charge in [0.1, 0.15) is 0 Å². The number of thioether (sulfide) groups is 1. The lowest BCUT2D eigenvalue weighted by atomic mass is 9.86. The third-order valence-electron chi connectivity index (χ3n) is 5.37. The number of benzene rings is 1. The summed E-state index contributed by atoms with van der Waals surface area (Å²) in [6.07, 6.45) is 3.72. The Kier molecular flexibility index (Phi) is 6.11. The highest BCUT2D eigenvalue weighted by atomic mass is 32.2. The van der Waals surface area contributed by atoms with Crippen molar-refractivity contribution in [2.45, 2.75) is 51.5 Å². The number of carbonyl (C=O) groups is 1. The van der Waals surface area contributed by atoms with Crippen molar-refractivity contribution in [1.82, 2.24) is 9.80 Å². The van der Waals surface area contributed by atoms with Crippen LogP contribution in [0.4, 0.5) is 0 Å². The first-order valence-electron chi connectivity index (χ1n) is 9.67. The third-order valence-corrected chi connectivity index (χ3v) is 6.56. The minimum atomic E-state index is 0.124. The van der Waals surface area contributed by atoms with Crippen LogP contribution < -0.4 is 0 Å². The Hall–Kier alpha value is -1.00. The summed E-state index contributed by atoms with van der Waals surface area (Å²) in [7, 11) is 0. The molecule has 0 bridgehead atoms. The molecular formula is C21H32N2OS. The van der Waals surface area contributed by atoms with Crippen molar-refractivity contribution in [2.75, 3.05) is 37.7 Å². The predicted molar refractivity (Wildman–Crippen MR) is 108 cm³/mol. The summed E-state index contributed by atoms with van der Waals surface area (Å²) in [4.78, 5) is 17.9. The molecule has 2 fully saturated rings. The molecule has 2 saturated heterocycles. The molecule has 1 aromatic rings. The second-order valence-electron chi connectivity index (χ2n) is 8.42. The van der Waals surface area contributed by atoms with Crippen molar-refractivity contribution < 1.29 is 4.79 Å². The molecule has 0 aliphatic carbocycles. The molecule has 138 valence electrons. The molecule has 0 radical (unpaired) electrons. The first-order valence-corrected chi connectivity index (χ1v) is 10.8. The largest absolute Gasteiger partial charge is 0.334 e. The quantitative estimate of drug-likeness (QED) is 0.813. The van der Waals surface area contributed by atoms with E-state index in [1.165, 1.54) is 37.2 Å². The Morgan fingerprint density at radius 1 is 1.08 bits per heavy atom. The summed E-state index contributed by atoms with van der Waals surface area (Å²) in [5.74, 6) is 2.46. The minimum Gasteiger partial charge on any atom is -0.334 e. The van der Waals surface area contributed by atoms with Crippen LogP contribution in [0.15, 0.2) is 24.3 Å². The van der Waals surface area contributed by atoms with Crippen molar-refractivity contribution in [1.29, 1.82) is 0 Å². The van der Waals surface area contributed by atoms with Gasteiger partial charge in [-0.05, 0) is 61.2 Å². The van der Waals surface area contributed by atoms with Crippen LogP contribution in [0.3, 0.4) is 0 Å². The number of hydrogen-bond acceptors (Lipinski definition) is 3. The van der Waals surface area contributed by atoms with E-state index in [-0.39, 0.29) is 11.3 Å². The molecule has 0 spiro atoms. The maximum Gasteiger partial charge on any atom is 0.254 e. The first kappa shape index (κ1) is 18.8. The van der Waals surface area contributed by atoms with Gasteiger partial charge in [0, 0.05) is 24.4 Å². The van der Waals surface area contributed by atoms with E-state index >= 15 is 0 Å². The lowest BCUT2D eigenvalue weighted by molar-refractivity contribution is 0.0666. The van der Waals surface area contributed by atoms with Crippen molar-refractivity contribution >= 4 is 17.7 Å². The standard InChI is InChI=1S/C21H32N2OS/c1-21(2,3)18-9-7-17(8-10-18)20(24)23-13-6-14-25-16-19(23)15-22-11-4-5-12-22/h7-10,19H,4-6,11-16H2,1-3H3. The van der Waals surface area contributed by atoms with E-state index in [4.69, 9.17) is 0 Å². The zero-order chi connectivity index (χ0) is 17.9. The van der Waals surface area contributed by atoms with Gasteiger partial charge in [0.25, 0.3) is 5.91 Å². The van der Waals surface area contributed by atoms with Crippen LogP contribution in [-0.4, -0.2) is 59.4 Å². The molecule has 3 rings (SSSR count). The highest BCUT2D eigenvalue weighted by Crippen LogP contribution is 2.24. The van der Waals surface area contributed by atoms with Gasteiger partial charge < -0.3 is 9.80 Å². The van der Waals surface area contributed by atoms with E-state index in [1.54, 1.807) is 0 Å². The van der Waals surface area contributed by atoms with E-state index in [9.17, 15) is 4.79 Å². The monoisotopic (exact) mass is 360 g/mol. The predicted octanol–water partition coefficient (Wildman–Crippen LogP) is 4.03. The maximum atomic E-state index is 13.2. The van der Waals surface area contributed by atoms with Crippen LogP contribution in [0, 0.1) is 0 Å². The normalized spacial score (nSPS) is 22.8. The molecule has 2 heterocycles. The van der Waals surface area contributed by atoms with Gasteiger partial charge in [0.15, 0.2) is 0 Å². The summed E-state index contributed by atoms with van der Waals surface area (Å²) >= 11 is 2.01. The van der Waals surface area contributed by atoms with Gasteiger partial charge in [0.2, 0.25) is 0 Å². The molecule has 25 heavy (non-hydrogen) atoms. The van der Waals surface area contributed by atoms with Gasteiger partial charge in [0.05, 0.1) is 6.04 Å². The van der Waals surface area contributed by atoms with Crippen molar-refractivity contribution in [3.05, 3.63) is 35.4 Å². The average Bonchev–Trinajstić information content (AvgIpc) is 2.98. The highest BCUT2D eigenvalue weighted by molar-refractivity contribution is 7.99. The lowest BCUT2D eigenvalue weighted by Crippen LogP contribution is -2.47. The van der Waals surface area contributed by atoms with Crippen molar-refractivity contribution in [3.63, 3.8) is 0 Å².